The molecule has 0 fully saturated rings. The molecule has 0 aliphatic carbocycles. The molecular formula is C26H28N8O. The Balaban J connectivity index is 1.63. The van der Waals surface area contributed by atoms with Gasteiger partial charge in [0.1, 0.15) is 5.39 Å². The minimum absolute atomic E-state index is 0.143. The number of pyridine rings is 1. The Morgan fingerprint density at radius 1 is 1.17 bits per heavy atom. The third-order valence-electron chi connectivity index (χ3n) is 6.33. The van der Waals surface area contributed by atoms with E-state index in [4.69, 9.17) is 9.97 Å². The summed E-state index contributed by atoms with van der Waals surface area (Å²) in [5.74, 6) is 0.917. The van der Waals surface area contributed by atoms with Gasteiger partial charge in [-0.2, -0.15) is 10.2 Å². The Morgan fingerprint density at radius 3 is 2.77 bits per heavy atom. The number of anilines is 2. The van der Waals surface area contributed by atoms with Gasteiger partial charge in [0.2, 0.25) is 5.95 Å². The van der Waals surface area contributed by atoms with Gasteiger partial charge in [-0.15, -0.1) is 0 Å². The lowest BCUT2D eigenvalue weighted by molar-refractivity contribution is 0.470. The number of rotatable bonds is 5. The number of hydrogen-bond donors (Lipinski definition) is 2. The molecule has 9 heteroatoms. The van der Waals surface area contributed by atoms with Crippen molar-refractivity contribution in [1.29, 1.82) is 5.26 Å². The number of nitriles is 1. The van der Waals surface area contributed by atoms with Gasteiger partial charge >= 0.3 is 0 Å². The molecule has 0 atom stereocenters. The Kier molecular flexibility index (Phi) is 5.61. The van der Waals surface area contributed by atoms with Crippen molar-refractivity contribution in [2.24, 2.45) is 0 Å². The van der Waals surface area contributed by atoms with Crippen molar-refractivity contribution in [1.82, 2.24) is 29.6 Å². The number of aromatic nitrogens is 5. The van der Waals surface area contributed by atoms with Gasteiger partial charge in [-0.1, -0.05) is 12.1 Å². The maximum absolute atomic E-state index is 13.3. The van der Waals surface area contributed by atoms with Gasteiger partial charge in [-0.05, 0) is 76.1 Å². The highest BCUT2D eigenvalue weighted by molar-refractivity contribution is 5.77. The lowest BCUT2D eigenvalue weighted by Crippen LogP contribution is -2.25. The average molecular weight is 469 g/mol. The first-order valence-electron chi connectivity index (χ1n) is 11.8. The minimum atomic E-state index is -0.773. The minimum Gasteiger partial charge on any atom is -0.324 e. The third-order valence-corrected chi connectivity index (χ3v) is 6.33. The van der Waals surface area contributed by atoms with Crippen molar-refractivity contribution < 1.29 is 0 Å². The summed E-state index contributed by atoms with van der Waals surface area (Å²) in [5.41, 5.74) is 3.61. The Morgan fingerprint density at radius 2 is 2.00 bits per heavy atom. The molecule has 3 aromatic heterocycles. The van der Waals surface area contributed by atoms with Crippen LogP contribution in [0.25, 0.3) is 16.9 Å². The molecular weight excluding hydrogens is 440 g/mol. The number of nitrogens with one attached hydrogen (secondary N) is 2. The van der Waals surface area contributed by atoms with E-state index in [1.54, 1.807) is 15.6 Å². The summed E-state index contributed by atoms with van der Waals surface area (Å²) in [6, 6.07) is 13.9. The monoisotopic (exact) mass is 468 g/mol. The van der Waals surface area contributed by atoms with Crippen LogP contribution < -0.4 is 16.2 Å². The second-order valence-corrected chi connectivity index (χ2v) is 9.64. The molecule has 0 saturated heterocycles. The van der Waals surface area contributed by atoms with Gasteiger partial charge in [0.15, 0.2) is 11.5 Å². The Bertz CT molecular complexity index is 1520. The van der Waals surface area contributed by atoms with Gasteiger partial charge in [-0.25, -0.2) is 19.3 Å². The fraction of sp³-hybridized carbons (Fsp3) is 0.346. The first-order valence-corrected chi connectivity index (χ1v) is 11.8. The van der Waals surface area contributed by atoms with E-state index >= 15 is 0 Å². The third kappa shape index (κ3) is 4.06. The zero-order valence-corrected chi connectivity index (χ0v) is 20.3. The van der Waals surface area contributed by atoms with Crippen LogP contribution in [0, 0.1) is 11.3 Å². The highest BCUT2D eigenvalue weighted by atomic mass is 16.1. The Hall–Kier alpha value is -4.03. The zero-order valence-electron chi connectivity index (χ0n) is 20.3. The second kappa shape index (κ2) is 8.64. The van der Waals surface area contributed by atoms with Crippen LogP contribution in [0.1, 0.15) is 50.6 Å². The van der Waals surface area contributed by atoms with Gasteiger partial charge < -0.3 is 10.6 Å². The van der Waals surface area contributed by atoms with E-state index in [9.17, 15) is 10.1 Å². The van der Waals surface area contributed by atoms with E-state index in [1.807, 2.05) is 52.0 Å². The summed E-state index contributed by atoms with van der Waals surface area (Å²) in [6.07, 6.45) is 2.58. The maximum atomic E-state index is 13.3. The first-order chi connectivity index (χ1) is 16.8. The van der Waals surface area contributed by atoms with E-state index < -0.39 is 5.41 Å². The summed E-state index contributed by atoms with van der Waals surface area (Å²) in [6.45, 7) is 9.34. The van der Waals surface area contributed by atoms with Crippen molar-refractivity contribution in [3.8, 4) is 11.9 Å². The van der Waals surface area contributed by atoms with Crippen LogP contribution in [0.3, 0.4) is 0 Å². The molecule has 0 radical (unpaired) electrons. The lowest BCUT2D eigenvalue weighted by Gasteiger charge is -2.19. The molecule has 2 N–H and O–H groups in total. The fourth-order valence-corrected chi connectivity index (χ4v) is 4.38. The fourth-order valence-electron chi connectivity index (χ4n) is 4.38. The number of hydrogen-bond acceptors (Lipinski definition) is 7. The summed E-state index contributed by atoms with van der Waals surface area (Å²) in [7, 11) is 0. The Labute approximate surface area is 203 Å². The van der Waals surface area contributed by atoms with Crippen molar-refractivity contribution >= 4 is 22.7 Å². The molecule has 0 saturated carbocycles. The van der Waals surface area contributed by atoms with Crippen LogP contribution in [0.2, 0.25) is 0 Å². The molecule has 9 nitrogen and oxygen atoms in total. The number of fused-ring (bicyclic) bond motifs is 2. The van der Waals surface area contributed by atoms with Crippen LogP contribution in [0.15, 0.2) is 47.4 Å². The van der Waals surface area contributed by atoms with E-state index in [0.29, 0.717) is 28.5 Å². The summed E-state index contributed by atoms with van der Waals surface area (Å²) in [4.78, 5) is 27.2. The van der Waals surface area contributed by atoms with Crippen LogP contribution >= 0.6 is 0 Å². The predicted octanol–water partition coefficient (Wildman–Crippen LogP) is 3.75. The normalized spacial score (nSPS) is 13.6. The van der Waals surface area contributed by atoms with Crippen LogP contribution in [0.4, 0.5) is 11.6 Å². The van der Waals surface area contributed by atoms with Gasteiger partial charge in [0.05, 0.1) is 17.2 Å². The second-order valence-electron chi connectivity index (χ2n) is 9.64. The summed E-state index contributed by atoms with van der Waals surface area (Å²) in [5, 5.41) is 16.7. The van der Waals surface area contributed by atoms with E-state index in [1.165, 1.54) is 11.1 Å². The molecule has 178 valence electrons. The van der Waals surface area contributed by atoms with Crippen molar-refractivity contribution in [3.05, 3.63) is 69.8 Å². The lowest BCUT2D eigenvalue weighted by atomic mass is 9.91. The zero-order chi connectivity index (χ0) is 24.7. The van der Waals surface area contributed by atoms with E-state index in [2.05, 4.69) is 33.8 Å². The van der Waals surface area contributed by atoms with Crippen LogP contribution in [-0.2, 0) is 18.4 Å². The van der Waals surface area contributed by atoms with Crippen molar-refractivity contribution in [3.63, 3.8) is 0 Å². The quantitative estimate of drug-likeness (QED) is 0.459. The molecule has 5 rings (SSSR count). The van der Waals surface area contributed by atoms with Gasteiger partial charge in [-0.3, -0.25) is 4.79 Å². The van der Waals surface area contributed by atoms with Crippen molar-refractivity contribution in [2.45, 2.75) is 52.1 Å². The molecule has 1 aliphatic heterocycles. The highest BCUT2D eigenvalue weighted by Gasteiger charge is 2.24. The molecule has 1 aromatic carbocycles. The maximum Gasteiger partial charge on any atom is 0.278 e. The molecule has 4 aromatic rings. The predicted molar refractivity (Wildman–Crippen MR) is 135 cm³/mol. The van der Waals surface area contributed by atoms with Crippen LogP contribution in [0.5, 0.6) is 0 Å². The smallest absolute Gasteiger partial charge is 0.278 e. The van der Waals surface area contributed by atoms with E-state index in [-0.39, 0.29) is 11.6 Å². The first kappa shape index (κ1) is 22.7. The molecule has 0 bridgehead atoms. The largest absolute Gasteiger partial charge is 0.324 e. The summed E-state index contributed by atoms with van der Waals surface area (Å²) >= 11 is 0. The number of nitrogens with zero attached hydrogens (tertiary/aromatic N) is 6. The average Bonchev–Trinajstić information content (AvgIpc) is 3.16. The van der Waals surface area contributed by atoms with Crippen LogP contribution in [-0.4, -0.2) is 30.9 Å². The number of benzene rings is 1. The highest BCUT2D eigenvalue weighted by Crippen LogP contribution is 2.25. The van der Waals surface area contributed by atoms with Gasteiger partial charge in [0, 0.05) is 24.5 Å². The molecule has 0 amide bonds. The topological polar surface area (TPSA) is 113 Å². The SMILES string of the molecule is CC(C)n1c(=O)c2cnc(Nc3ccc4c(c3)CNCC4)nc2n1-c1cccc(C(C)(C)C#N)n1. The molecule has 0 unspecified atom stereocenters. The molecule has 35 heavy (non-hydrogen) atoms. The molecule has 1 aliphatic rings. The van der Waals surface area contributed by atoms with Crippen molar-refractivity contribution in [2.75, 3.05) is 11.9 Å². The standard InChI is InChI=1S/C26H28N8O/c1-16(2)33-24(35)20-14-29-25(30-19-9-8-17-10-11-28-13-18(17)12-19)32-23(20)34(33)22-7-5-6-21(31-22)26(3,4)15-27/h5-9,12,14,16,28H,10-11,13H2,1-4H3,(H,29,30,32). The molecule has 0 spiro atoms. The van der Waals surface area contributed by atoms with Gasteiger partial charge in [0.25, 0.3) is 5.56 Å². The van der Waals surface area contributed by atoms with E-state index in [0.717, 1.165) is 25.2 Å². The summed E-state index contributed by atoms with van der Waals surface area (Å²) < 4.78 is 3.35. The molecule has 4 heterocycles.